The lowest BCUT2D eigenvalue weighted by Crippen LogP contribution is -2.39. The van der Waals surface area contributed by atoms with Gasteiger partial charge in [0, 0.05) is 0 Å². The molecule has 0 heterocycles. The average Bonchev–Trinajstić information content (AvgIpc) is 2.19. The normalized spacial score (nSPS) is 15.9. The third-order valence-corrected chi connectivity index (χ3v) is 3.38. The standard InChI is InChI=1S/C14H18Cl2F3NO/c1-12(2,3)21-13(4,7-14(17,18)19)8-5-9(15)11(20)10(16)6-8/h5-6H,7,20H2,1-4H3. The van der Waals surface area contributed by atoms with E-state index >= 15 is 0 Å². The Morgan fingerprint density at radius 2 is 1.48 bits per heavy atom. The summed E-state index contributed by atoms with van der Waals surface area (Å²) in [5.41, 5.74) is 3.60. The lowest BCUT2D eigenvalue weighted by molar-refractivity contribution is -0.213. The largest absolute Gasteiger partial charge is 0.396 e. The number of halogens is 5. The van der Waals surface area contributed by atoms with Gasteiger partial charge in [-0.2, -0.15) is 13.2 Å². The van der Waals surface area contributed by atoms with E-state index in [0.717, 1.165) is 0 Å². The average molecular weight is 344 g/mol. The summed E-state index contributed by atoms with van der Waals surface area (Å²) < 4.78 is 44.4. The first-order valence-corrected chi connectivity index (χ1v) is 7.01. The van der Waals surface area contributed by atoms with E-state index < -0.39 is 23.8 Å². The third-order valence-electron chi connectivity index (χ3n) is 2.76. The molecule has 0 aromatic heterocycles. The van der Waals surface area contributed by atoms with Gasteiger partial charge in [-0.15, -0.1) is 0 Å². The van der Waals surface area contributed by atoms with E-state index in [4.69, 9.17) is 33.7 Å². The molecule has 0 amide bonds. The Labute approximate surface area is 132 Å². The van der Waals surface area contributed by atoms with Crippen LogP contribution in [-0.4, -0.2) is 11.8 Å². The third kappa shape index (κ3) is 5.24. The molecule has 7 heteroatoms. The van der Waals surface area contributed by atoms with Crippen LogP contribution in [0.1, 0.15) is 39.7 Å². The van der Waals surface area contributed by atoms with Gasteiger partial charge in [0.2, 0.25) is 0 Å². The molecule has 0 aliphatic heterocycles. The van der Waals surface area contributed by atoms with Crippen LogP contribution in [0.3, 0.4) is 0 Å². The van der Waals surface area contributed by atoms with Crippen molar-refractivity contribution in [2.24, 2.45) is 0 Å². The minimum atomic E-state index is -4.40. The van der Waals surface area contributed by atoms with Gasteiger partial charge in [-0.25, -0.2) is 0 Å². The maximum atomic E-state index is 12.9. The summed E-state index contributed by atoms with van der Waals surface area (Å²) in [6.45, 7) is 6.41. The molecular formula is C14H18Cl2F3NO. The highest BCUT2D eigenvalue weighted by Crippen LogP contribution is 2.43. The number of ether oxygens (including phenoxy) is 1. The fourth-order valence-corrected chi connectivity index (χ4v) is 2.63. The number of alkyl halides is 3. The molecular weight excluding hydrogens is 326 g/mol. The smallest absolute Gasteiger partial charge is 0.392 e. The first kappa shape index (κ1) is 18.4. The zero-order valence-corrected chi connectivity index (χ0v) is 13.7. The van der Waals surface area contributed by atoms with Crippen LogP contribution in [0.25, 0.3) is 0 Å². The number of hydrogen-bond acceptors (Lipinski definition) is 2. The fraction of sp³-hybridized carbons (Fsp3) is 0.571. The van der Waals surface area contributed by atoms with Crippen LogP contribution >= 0.6 is 23.2 Å². The molecule has 0 saturated carbocycles. The van der Waals surface area contributed by atoms with Gasteiger partial charge in [-0.05, 0) is 45.4 Å². The maximum Gasteiger partial charge on any atom is 0.392 e. The highest BCUT2D eigenvalue weighted by molar-refractivity contribution is 6.38. The highest BCUT2D eigenvalue weighted by atomic mass is 35.5. The number of anilines is 1. The molecule has 0 fully saturated rings. The first-order chi connectivity index (χ1) is 9.23. The van der Waals surface area contributed by atoms with Gasteiger partial charge < -0.3 is 10.5 Å². The quantitative estimate of drug-likeness (QED) is 0.729. The molecule has 120 valence electrons. The second kappa shape index (κ2) is 5.86. The van der Waals surface area contributed by atoms with E-state index in [1.165, 1.54) is 19.1 Å². The second-order valence-corrected chi connectivity index (χ2v) is 6.91. The van der Waals surface area contributed by atoms with E-state index in [1.54, 1.807) is 20.8 Å². The summed E-state index contributed by atoms with van der Waals surface area (Å²) in [5.74, 6) is 0. The summed E-state index contributed by atoms with van der Waals surface area (Å²) in [4.78, 5) is 0. The van der Waals surface area contributed by atoms with Gasteiger partial charge in [-0.3, -0.25) is 0 Å². The molecule has 0 aliphatic carbocycles. The molecule has 0 saturated heterocycles. The maximum absolute atomic E-state index is 12.9. The van der Waals surface area contributed by atoms with Crippen LogP contribution in [0.2, 0.25) is 10.0 Å². The van der Waals surface area contributed by atoms with Crippen molar-refractivity contribution in [1.82, 2.24) is 0 Å². The Balaban J connectivity index is 3.36. The highest BCUT2D eigenvalue weighted by Gasteiger charge is 2.44. The molecule has 1 rings (SSSR count). The summed E-state index contributed by atoms with van der Waals surface area (Å²) in [5, 5.41) is 0.201. The minimum Gasteiger partial charge on any atom is -0.396 e. The van der Waals surface area contributed by atoms with Gasteiger partial charge in [0.05, 0.1) is 33.4 Å². The predicted molar refractivity (Wildman–Crippen MR) is 79.7 cm³/mol. The summed E-state index contributed by atoms with van der Waals surface area (Å²) in [7, 11) is 0. The van der Waals surface area contributed by atoms with Crippen LogP contribution in [0.15, 0.2) is 12.1 Å². The van der Waals surface area contributed by atoms with E-state index in [1.807, 2.05) is 0 Å². The Morgan fingerprint density at radius 3 is 1.81 bits per heavy atom. The fourth-order valence-electron chi connectivity index (χ4n) is 2.14. The van der Waals surface area contributed by atoms with Gasteiger partial charge in [0.15, 0.2) is 0 Å². The van der Waals surface area contributed by atoms with Crippen LogP contribution in [0.5, 0.6) is 0 Å². The number of benzene rings is 1. The molecule has 21 heavy (non-hydrogen) atoms. The number of nitrogens with two attached hydrogens (primary N) is 1. The molecule has 2 N–H and O–H groups in total. The number of nitrogen functional groups attached to an aromatic ring is 1. The Hall–Kier alpha value is -0.650. The molecule has 1 atom stereocenters. The summed E-state index contributed by atoms with van der Waals surface area (Å²) in [6.07, 6.45) is -5.56. The zero-order chi connectivity index (χ0) is 16.6. The van der Waals surface area contributed by atoms with Crippen molar-refractivity contribution in [2.45, 2.75) is 51.5 Å². The molecule has 1 aromatic carbocycles. The van der Waals surface area contributed by atoms with Gasteiger partial charge >= 0.3 is 6.18 Å². The lowest BCUT2D eigenvalue weighted by atomic mass is 9.90. The van der Waals surface area contributed by atoms with Crippen LogP contribution in [-0.2, 0) is 10.3 Å². The van der Waals surface area contributed by atoms with E-state index in [9.17, 15) is 13.2 Å². The van der Waals surface area contributed by atoms with E-state index in [-0.39, 0.29) is 21.3 Å². The molecule has 0 spiro atoms. The van der Waals surface area contributed by atoms with Gasteiger partial charge in [-0.1, -0.05) is 23.2 Å². The molecule has 0 bridgehead atoms. The van der Waals surface area contributed by atoms with E-state index in [0.29, 0.717) is 0 Å². The van der Waals surface area contributed by atoms with Crippen LogP contribution in [0, 0.1) is 0 Å². The van der Waals surface area contributed by atoms with Gasteiger partial charge in [0.25, 0.3) is 0 Å². The minimum absolute atomic E-state index is 0.100. The Bertz CT molecular complexity index is 485. The van der Waals surface area contributed by atoms with Crippen molar-refractivity contribution in [2.75, 3.05) is 5.73 Å². The number of rotatable bonds is 3. The van der Waals surface area contributed by atoms with Crippen molar-refractivity contribution in [3.8, 4) is 0 Å². The zero-order valence-electron chi connectivity index (χ0n) is 12.2. The molecule has 2 nitrogen and oxygen atoms in total. The molecule has 0 radical (unpaired) electrons. The first-order valence-electron chi connectivity index (χ1n) is 6.25. The van der Waals surface area contributed by atoms with Crippen molar-refractivity contribution in [3.05, 3.63) is 27.7 Å². The molecule has 0 aliphatic rings. The van der Waals surface area contributed by atoms with Crippen molar-refractivity contribution in [1.29, 1.82) is 0 Å². The Kier molecular flexibility index (Phi) is 5.13. The van der Waals surface area contributed by atoms with Gasteiger partial charge in [0.1, 0.15) is 0 Å². The monoisotopic (exact) mass is 343 g/mol. The van der Waals surface area contributed by atoms with E-state index in [2.05, 4.69) is 0 Å². The number of hydrogen-bond donors (Lipinski definition) is 1. The summed E-state index contributed by atoms with van der Waals surface area (Å²) >= 11 is 11.8. The van der Waals surface area contributed by atoms with Crippen molar-refractivity contribution >= 4 is 28.9 Å². The van der Waals surface area contributed by atoms with Crippen LogP contribution in [0.4, 0.5) is 18.9 Å². The summed E-state index contributed by atoms with van der Waals surface area (Å²) in [6, 6.07) is 2.72. The van der Waals surface area contributed by atoms with Crippen molar-refractivity contribution in [3.63, 3.8) is 0 Å². The predicted octanol–water partition coefficient (Wildman–Crippen LogP) is 5.56. The Morgan fingerprint density at radius 1 is 1.05 bits per heavy atom. The topological polar surface area (TPSA) is 35.2 Å². The molecule has 1 aromatic rings. The van der Waals surface area contributed by atoms with Crippen LogP contribution < -0.4 is 5.73 Å². The lowest BCUT2D eigenvalue weighted by Gasteiger charge is -2.38. The SMILES string of the molecule is CC(C)(C)OC(C)(CC(F)(F)F)c1cc(Cl)c(N)c(Cl)c1. The second-order valence-electron chi connectivity index (χ2n) is 6.09. The molecule has 1 unspecified atom stereocenters. The van der Waals surface area contributed by atoms with Crippen molar-refractivity contribution < 1.29 is 17.9 Å².